The number of unbranched alkanes of at least 4 members (excludes halogenated alkanes) is 1. The van der Waals surface area contributed by atoms with Gasteiger partial charge in [0, 0.05) is 6.42 Å². The summed E-state index contributed by atoms with van der Waals surface area (Å²) in [5.41, 5.74) is 2.70. The van der Waals surface area contributed by atoms with Crippen molar-refractivity contribution in [1.29, 1.82) is 0 Å². The Bertz CT molecular complexity index is 473. The fourth-order valence-corrected chi connectivity index (χ4v) is 2.63. The van der Waals surface area contributed by atoms with Gasteiger partial charge in [-0.15, -0.1) is 0 Å². The van der Waals surface area contributed by atoms with E-state index < -0.39 is 6.09 Å². The van der Waals surface area contributed by atoms with Crippen molar-refractivity contribution < 1.29 is 14.3 Å². The Morgan fingerprint density at radius 3 is 2.52 bits per heavy atom. The van der Waals surface area contributed by atoms with E-state index in [4.69, 9.17) is 4.74 Å². The minimum Gasteiger partial charge on any atom is -0.447 e. The molecule has 2 amide bonds. The smallest absolute Gasteiger partial charge is 0.416 e. The Morgan fingerprint density at radius 1 is 1.22 bits per heavy atom. The second-order valence-corrected chi connectivity index (χ2v) is 6.91. The summed E-state index contributed by atoms with van der Waals surface area (Å²) in [6, 6.07) is -0.114. The van der Waals surface area contributed by atoms with Crippen LogP contribution in [0.4, 0.5) is 4.79 Å². The van der Waals surface area contributed by atoms with Crippen molar-refractivity contribution in [2.24, 2.45) is 5.92 Å². The average Bonchev–Trinajstić information content (AvgIpc) is 2.85. The molecule has 0 N–H and O–H groups in total. The number of imide groups is 1. The van der Waals surface area contributed by atoms with E-state index in [9.17, 15) is 9.59 Å². The molecule has 1 atom stereocenters. The summed E-state index contributed by atoms with van der Waals surface area (Å²) in [7, 11) is 0. The number of ether oxygens (including phenoxy) is 1. The Labute approximate surface area is 140 Å². The predicted molar refractivity (Wildman–Crippen MR) is 93.1 cm³/mol. The number of carbonyl (C=O) groups excluding carboxylic acids is 2. The van der Waals surface area contributed by atoms with Gasteiger partial charge in [0.05, 0.1) is 6.04 Å². The predicted octanol–water partition coefficient (Wildman–Crippen LogP) is 4.85. The normalized spacial score (nSPS) is 18.3. The van der Waals surface area contributed by atoms with E-state index in [-0.39, 0.29) is 17.9 Å². The van der Waals surface area contributed by atoms with Crippen LogP contribution >= 0.6 is 0 Å². The van der Waals surface area contributed by atoms with Gasteiger partial charge in [0.25, 0.3) is 0 Å². The Morgan fingerprint density at radius 2 is 1.91 bits per heavy atom. The van der Waals surface area contributed by atoms with E-state index in [1.807, 2.05) is 13.8 Å². The highest BCUT2D eigenvalue weighted by atomic mass is 16.6. The van der Waals surface area contributed by atoms with Gasteiger partial charge in [0.2, 0.25) is 5.91 Å². The number of allylic oxidation sites excluding steroid dienone is 4. The molecule has 0 aromatic carbocycles. The molecule has 0 spiro atoms. The summed E-state index contributed by atoms with van der Waals surface area (Å²) in [4.78, 5) is 25.3. The molecular formula is C19H31NO3. The first kappa shape index (κ1) is 19.5. The van der Waals surface area contributed by atoms with Crippen molar-refractivity contribution in [3.8, 4) is 0 Å². The number of nitrogens with zero attached hydrogens (tertiary/aromatic N) is 1. The Hall–Kier alpha value is -1.58. The van der Waals surface area contributed by atoms with Gasteiger partial charge in [-0.05, 0) is 52.4 Å². The molecule has 1 fully saturated rings. The summed E-state index contributed by atoms with van der Waals surface area (Å²) in [5, 5.41) is 0. The third-order valence-electron chi connectivity index (χ3n) is 4.12. The highest BCUT2D eigenvalue weighted by molar-refractivity contribution is 5.93. The lowest BCUT2D eigenvalue weighted by Crippen LogP contribution is -2.41. The molecule has 1 aliphatic heterocycles. The van der Waals surface area contributed by atoms with Crippen molar-refractivity contribution in [2.45, 2.75) is 72.8 Å². The second-order valence-electron chi connectivity index (χ2n) is 6.91. The van der Waals surface area contributed by atoms with Gasteiger partial charge in [0.15, 0.2) is 0 Å². The van der Waals surface area contributed by atoms with Crippen LogP contribution in [0.3, 0.4) is 0 Å². The fourth-order valence-electron chi connectivity index (χ4n) is 2.63. The van der Waals surface area contributed by atoms with Crippen LogP contribution in [0.15, 0.2) is 23.3 Å². The Balaban J connectivity index is 2.36. The molecule has 130 valence electrons. The van der Waals surface area contributed by atoms with Crippen molar-refractivity contribution >= 4 is 12.0 Å². The van der Waals surface area contributed by atoms with E-state index in [1.165, 1.54) is 16.0 Å². The van der Waals surface area contributed by atoms with Crippen LogP contribution in [0.2, 0.25) is 0 Å². The third kappa shape index (κ3) is 6.59. The molecule has 1 rings (SSSR count). The highest BCUT2D eigenvalue weighted by Crippen LogP contribution is 2.21. The zero-order valence-corrected chi connectivity index (χ0v) is 15.2. The molecular weight excluding hydrogens is 290 g/mol. The lowest BCUT2D eigenvalue weighted by Gasteiger charge is -2.22. The molecule has 1 heterocycles. The maximum absolute atomic E-state index is 12.3. The summed E-state index contributed by atoms with van der Waals surface area (Å²) >= 11 is 0. The van der Waals surface area contributed by atoms with Crippen molar-refractivity contribution in [1.82, 2.24) is 4.90 Å². The maximum atomic E-state index is 12.3. The van der Waals surface area contributed by atoms with Gasteiger partial charge in [-0.1, -0.05) is 37.1 Å². The van der Waals surface area contributed by atoms with Crippen molar-refractivity contribution in [3.63, 3.8) is 0 Å². The summed E-state index contributed by atoms with van der Waals surface area (Å²) in [5.74, 6) is 0.115. The molecule has 0 bridgehead atoms. The SMILES string of the molecule is CC(C)=CCC/C(C)=C/CCCC(=O)N1C(=O)OC[C@@H]1C(C)C. The van der Waals surface area contributed by atoms with E-state index in [0.29, 0.717) is 13.0 Å². The minimum atomic E-state index is -0.484. The van der Waals surface area contributed by atoms with Gasteiger partial charge >= 0.3 is 6.09 Å². The molecule has 0 aliphatic carbocycles. The number of amides is 2. The first-order valence-corrected chi connectivity index (χ1v) is 8.60. The molecule has 0 radical (unpaired) electrons. The van der Waals surface area contributed by atoms with Crippen LogP contribution < -0.4 is 0 Å². The largest absolute Gasteiger partial charge is 0.447 e. The van der Waals surface area contributed by atoms with Crippen molar-refractivity contribution in [3.05, 3.63) is 23.3 Å². The molecule has 23 heavy (non-hydrogen) atoms. The zero-order chi connectivity index (χ0) is 17.4. The zero-order valence-electron chi connectivity index (χ0n) is 15.2. The number of cyclic esters (lactones) is 1. The lowest BCUT2D eigenvalue weighted by atomic mass is 10.0. The molecule has 1 saturated heterocycles. The van der Waals surface area contributed by atoms with E-state index in [0.717, 1.165) is 25.7 Å². The monoisotopic (exact) mass is 321 g/mol. The number of rotatable bonds is 8. The molecule has 4 nitrogen and oxygen atoms in total. The van der Waals surface area contributed by atoms with Gasteiger partial charge in [0.1, 0.15) is 6.61 Å². The van der Waals surface area contributed by atoms with Gasteiger partial charge in [-0.3, -0.25) is 4.79 Å². The summed E-state index contributed by atoms with van der Waals surface area (Å²) in [6.07, 6.45) is 8.14. The molecule has 0 unspecified atom stereocenters. The summed E-state index contributed by atoms with van der Waals surface area (Å²) in [6.45, 7) is 10.7. The van der Waals surface area contributed by atoms with Gasteiger partial charge in [-0.25, -0.2) is 9.69 Å². The third-order valence-corrected chi connectivity index (χ3v) is 4.12. The minimum absolute atomic E-state index is 0.109. The molecule has 1 aliphatic rings. The first-order chi connectivity index (χ1) is 10.8. The van der Waals surface area contributed by atoms with Crippen LogP contribution in [0.25, 0.3) is 0 Å². The second kappa shape index (κ2) is 9.53. The maximum Gasteiger partial charge on any atom is 0.416 e. The quantitative estimate of drug-likeness (QED) is 0.474. The highest BCUT2D eigenvalue weighted by Gasteiger charge is 2.38. The topological polar surface area (TPSA) is 46.6 Å². The van der Waals surface area contributed by atoms with E-state index >= 15 is 0 Å². The van der Waals surface area contributed by atoms with E-state index in [2.05, 4.69) is 32.9 Å². The standard InChI is InChI=1S/C19H31NO3/c1-14(2)9-8-11-16(5)10-6-7-12-18(21)20-17(15(3)4)13-23-19(20)22/h9-10,15,17H,6-8,11-13H2,1-5H3/b16-10+/t17-/m1/s1. The van der Waals surface area contributed by atoms with Crippen LogP contribution in [-0.4, -0.2) is 29.5 Å². The Kier molecular flexibility index (Phi) is 8.07. The van der Waals surface area contributed by atoms with Crippen LogP contribution in [0.1, 0.15) is 66.7 Å². The van der Waals surface area contributed by atoms with Crippen molar-refractivity contribution in [2.75, 3.05) is 6.61 Å². The number of hydrogen-bond acceptors (Lipinski definition) is 3. The van der Waals surface area contributed by atoms with Gasteiger partial charge < -0.3 is 4.74 Å². The molecule has 0 aromatic rings. The number of carbonyl (C=O) groups is 2. The average molecular weight is 321 g/mol. The first-order valence-electron chi connectivity index (χ1n) is 8.60. The summed E-state index contributed by atoms with van der Waals surface area (Å²) < 4.78 is 5.02. The molecule has 0 aromatic heterocycles. The van der Waals surface area contributed by atoms with E-state index in [1.54, 1.807) is 0 Å². The molecule has 4 heteroatoms. The van der Waals surface area contributed by atoms with Crippen LogP contribution in [0, 0.1) is 5.92 Å². The van der Waals surface area contributed by atoms with Crippen LogP contribution in [0.5, 0.6) is 0 Å². The van der Waals surface area contributed by atoms with Crippen LogP contribution in [-0.2, 0) is 9.53 Å². The number of hydrogen-bond donors (Lipinski definition) is 0. The fraction of sp³-hybridized carbons (Fsp3) is 0.684. The lowest BCUT2D eigenvalue weighted by molar-refractivity contribution is -0.129. The van der Waals surface area contributed by atoms with Gasteiger partial charge in [-0.2, -0.15) is 0 Å². The molecule has 0 saturated carbocycles.